The molecule has 0 aliphatic heterocycles. The van der Waals surface area contributed by atoms with Crippen LogP contribution in [0.5, 0.6) is 11.5 Å². The number of methoxy groups -OCH3 is 1. The Kier molecular flexibility index (Phi) is 6.31. The summed E-state index contributed by atoms with van der Waals surface area (Å²) < 4.78 is 10.9. The van der Waals surface area contributed by atoms with Crippen LogP contribution in [0.1, 0.15) is 23.7 Å². The topological polar surface area (TPSA) is 94.8 Å². The van der Waals surface area contributed by atoms with Gasteiger partial charge in [-0.1, -0.05) is 17.7 Å². The van der Waals surface area contributed by atoms with Crippen molar-refractivity contribution in [3.8, 4) is 11.5 Å². The summed E-state index contributed by atoms with van der Waals surface area (Å²) in [5, 5.41) is 13.3. The number of amides is 1. The summed E-state index contributed by atoms with van der Waals surface area (Å²) in [7, 11) is 1.46. The van der Waals surface area contributed by atoms with Crippen LogP contribution in [0, 0.1) is 24.0 Å². The summed E-state index contributed by atoms with van der Waals surface area (Å²) in [6, 6.07) is 10.0. The van der Waals surface area contributed by atoms with Gasteiger partial charge in [0.2, 0.25) is 5.91 Å². The molecule has 0 aliphatic rings. The maximum absolute atomic E-state index is 12.3. The Morgan fingerprint density at radius 1 is 1.20 bits per heavy atom. The van der Waals surface area contributed by atoms with Crippen LogP contribution >= 0.6 is 11.3 Å². The molecule has 0 bridgehead atoms. The Labute approximate surface area is 177 Å². The van der Waals surface area contributed by atoms with E-state index >= 15 is 0 Å². The van der Waals surface area contributed by atoms with Gasteiger partial charge in [-0.25, -0.2) is 4.98 Å². The first-order valence-electron chi connectivity index (χ1n) is 9.07. The van der Waals surface area contributed by atoms with E-state index in [1.54, 1.807) is 10.3 Å². The summed E-state index contributed by atoms with van der Waals surface area (Å²) in [4.78, 5) is 28.9. The first-order chi connectivity index (χ1) is 14.3. The fourth-order valence-electron chi connectivity index (χ4n) is 2.97. The summed E-state index contributed by atoms with van der Waals surface area (Å²) in [6.07, 6.45) is 0. The van der Waals surface area contributed by atoms with E-state index in [4.69, 9.17) is 9.47 Å². The average molecular weight is 427 g/mol. The number of benzene rings is 2. The van der Waals surface area contributed by atoms with E-state index in [2.05, 4.69) is 4.98 Å². The lowest BCUT2D eigenvalue weighted by Gasteiger charge is -2.20. The Balaban J connectivity index is 1.83. The summed E-state index contributed by atoms with van der Waals surface area (Å²) in [6.45, 7) is 5.51. The van der Waals surface area contributed by atoms with Gasteiger partial charge in [-0.15, -0.1) is 11.3 Å². The molecule has 0 N–H and O–H groups in total. The number of anilines is 2. The normalized spacial score (nSPS) is 10.5. The monoisotopic (exact) mass is 427 g/mol. The minimum atomic E-state index is -0.498. The number of ether oxygens (including phenoxy) is 2. The van der Waals surface area contributed by atoms with Crippen molar-refractivity contribution in [1.29, 1.82) is 0 Å². The zero-order valence-electron chi connectivity index (χ0n) is 17.0. The third-order valence-electron chi connectivity index (χ3n) is 4.37. The number of thiazole rings is 1. The smallest absolute Gasteiger partial charge is 0.273 e. The van der Waals surface area contributed by atoms with Crippen LogP contribution in [-0.4, -0.2) is 22.9 Å². The van der Waals surface area contributed by atoms with Crippen LogP contribution < -0.4 is 14.4 Å². The summed E-state index contributed by atoms with van der Waals surface area (Å²) in [5.74, 6) is 0.486. The number of aryl methyl sites for hydroxylation is 2. The highest BCUT2D eigenvalue weighted by Crippen LogP contribution is 2.34. The molecule has 0 saturated carbocycles. The van der Waals surface area contributed by atoms with Gasteiger partial charge in [0.1, 0.15) is 6.61 Å². The van der Waals surface area contributed by atoms with Gasteiger partial charge in [0.15, 0.2) is 16.6 Å². The van der Waals surface area contributed by atoms with E-state index in [1.165, 1.54) is 43.6 Å². The Hall–Kier alpha value is -3.46. The number of hydrogen-bond donors (Lipinski definition) is 0. The van der Waals surface area contributed by atoms with E-state index in [0.717, 1.165) is 16.8 Å². The lowest BCUT2D eigenvalue weighted by molar-refractivity contribution is -0.385. The number of non-ortho nitro benzene ring substituents is 1. The second-order valence-corrected chi connectivity index (χ2v) is 7.48. The number of carbonyl (C=O) groups is 1. The highest BCUT2D eigenvalue weighted by molar-refractivity contribution is 7.14. The molecule has 1 heterocycles. The summed E-state index contributed by atoms with van der Waals surface area (Å²) >= 11 is 1.32. The van der Waals surface area contributed by atoms with Crippen LogP contribution in [0.4, 0.5) is 16.5 Å². The molecule has 8 nitrogen and oxygen atoms in total. The van der Waals surface area contributed by atoms with Gasteiger partial charge in [0.25, 0.3) is 5.69 Å². The first-order valence-corrected chi connectivity index (χ1v) is 9.95. The SMILES string of the molecule is COc1ccc([N+](=O)[O-])cc1OCc1csc(N(C(C)=O)c2ccc(C)cc2C)n1. The van der Waals surface area contributed by atoms with Crippen LogP contribution in [0.2, 0.25) is 0 Å². The van der Waals surface area contributed by atoms with Gasteiger partial charge < -0.3 is 9.47 Å². The minimum absolute atomic E-state index is 0.0760. The molecule has 30 heavy (non-hydrogen) atoms. The van der Waals surface area contributed by atoms with E-state index in [1.807, 2.05) is 32.0 Å². The Bertz CT molecular complexity index is 1100. The standard InChI is InChI=1S/C21H21N3O5S/c1-13-5-7-18(14(2)9-13)23(15(3)25)21-22-16(12-30-21)11-29-20-10-17(24(26)27)6-8-19(20)28-4/h5-10,12H,11H2,1-4H3. The molecular formula is C21H21N3O5S. The zero-order valence-corrected chi connectivity index (χ0v) is 17.9. The molecular weight excluding hydrogens is 406 g/mol. The maximum atomic E-state index is 12.3. The van der Waals surface area contributed by atoms with Crippen molar-refractivity contribution in [3.63, 3.8) is 0 Å². The molecule has 0 radical (unpaired) electrons. The van der Waals surface area contributed by atoms with Gasteiger partial charge >= 0.3 is 0 Å². The molecule has 3 rings (SSSR count). The third kappa shape index (κ3) is 4.57. The van der Waals surface area contributed by atoms with Crippen LogP contribution in [0.3, 0.4) is 0 Å². The highest BCUT2D eigenvalue weighted by atomic mass is 32.1. The number of aromatic nitrogens is 1. The predicted molar refractivity (Wildman–Crippen MR) is 115 cm³/mol. The Morgan fingerprint density at radius 2 is 1.97 bits per heavy atom. The number of nitrogens with zero attached hydrogens (tertiary/aromatic N) is 3. The fraction of sp³-hybridized carbons (Fsp3) is 0.238. The number of carbonyl (C=O) groups excluding carboxylic acids is 1. The van der Waals surface area contributed by atoms with Crippen molar-refractivity contribution in [2.45, 2.75) is 27.4 Å². The summed E-state index contributed by atoms with van der Waals surface area (Å²) in [5.41, 5.74) is 3.36. The van der Waals surface area contributed by atoms with Gasteiger partial charge in [-0.3, -0.25) is 19.8 Å². The number of rotatable bonds is 7. The molecule has 0 unspecified atom stereocenters. The van der Waals surface area contributed by atoms with Crippen molar-refractivity contribution in [2.24, 2.45) is 0 Å². The molecule has 0 atom stereocenters. The van der Waals surface area contributed by atoms with E-state index in [9.17, 15) is 14.9 Å². The number of hydrogen-bond acceptors (Lipinski definition) is 7. The van der Waals surface area contributed by atoms with Crippen molar-refractivity contribution >= 4 is 33.8 Å². The number of nitro groups is 1. The molecule has 1 amide bonds. The van der Waals surface area contributed by atoms with Gasteiger partial charge in [-0.05, 0) is 31.5 Å². The van der Waals surface area contributed by atoms with Crippen molar-refractivity contribution in [3.05, 3.63) is 68.7 Å². The van der Waals surface area contributed by atoms with Crippen molar-refractivity contribution in [2.75, 3.05) is 12.0 Å². The second-order valence-electron chi connectivity index (χ2n) is 6.65. The molecule has 0 aliphatic carbocycles. The van der Waals surface area contributed by atoms with Crippen molar-refractivity contribution in [1.82, 2.24) is 4.98 Å². The quantitative estimate of drug-likeness (QED) is 0.391. The second kappa shape index (κ2) is 8.91. The van der Waals surface area contributed by atoms with Gasteiger partial charge in [-0.2, -0.15) is 0 Å². The van der Waals surface area contributed by atoms with Crippen LogP contribution in [-0.2, 0) is 11.4 Å². The Morgan fingerprint density at radius 3 is 2.60 bits per heavy atom. The molecule has 9 heteroatoms. The molecule has 0 fully saturated rings. The molecule has 156 valence electrons. The highest BCUT2D eigenvalue weighted by Gasteiger charge is 2.20. The largest absolute Gasteiger partial charge is 0.493 e. The maximum Gasteiger partial charge on any atom is 0.273 e. The average Bonchev–Trinajstić information content (AvgIpc) is 3.16. The van der Waals surface area contributed by atoms with E-state index in [-0.39, 0.29) is 24.0 Å². The molecule has 1 aromatic heterocycles. The number of nitro benzene ring substituents is 1. The van der Waals surface area contributed by atoms with E-state index in [0.29, 0.717) is 16.6 Å². The zero-order chi connectivity index (χ0) is 21.8. The fourth-order valence-corrected chi connectivity index (χ4v) is 3.84. The predicted octanol–water partition coefficient (Wildman–Crippen LogP) is 4.94. The van der Waals surface area contributed by atoms with Crippen LogP contribution in [0.15, 0.2) is 41.8 Å². The molecule has 3 aromatic rings. The lowest BCUT2D eigenvalue weighted by atomic mass is 10.1. The van der Waals surface area contributed by atoms with Crippen LogP contribution in [0.25, 0.3) is 0 Å². The van der Waals surface area contributed by atoms with Gasteiger partial charge in [0, 0.05) is 18.4 Å². The van der Waals surface area contributed by atoms with Gasteiger partial charge in [0.05, 0.1) is 29.5 Å². The van der Waals surface area contributed by atoms with E-state index < -0.39 is 4.92 Å². The third-order valence-corrected chi connectivity index (χ3v) is 5.25. The van der Waals surface area contributed by atoms with Crippen molar-refractivity contribution < 1.29 is 19.2 Å². The first kappa shape index (κ1) is 21.3. The molecule has 0 saturated heterocycles. The minimum Gasteiger partial charge on any atom is -0.493 e. The molecule has 0 spiro atoms. The molecule has 2 aromatic carbocycles. The lowest BCUT2D eigenvalue weighted by Crippen LogP contribution is -2.23.